The van der Waals surface area contributed by atoms with Crippen LogP contribution in [0.4, 0.5) is 0 Å². The van der Waals surface area contributed by atoms with Crippen LogP contribution in [0.2, 0.25) is 0 Å². The first-order chi connectivity index (χ1) is 14.3. The Kier molecular flexibility index (Phi) is 6.49. The van der Waals surface area contributed by atoms with E-state index in [0.717, 1.165) is 6.16 Å². The lowest BCUT2D eigenvalue weighted by Gasteiger charge is -2.30. The minimum Gasteiger partial charge on any atom is -0.119 e. The predicted molar refractivity (Wildman–Crippen MR) is 132 cm³/mol. The summed E-state index contributed by atoms with van der Waals surface area (Å²) in [5.41, 5.74) is 0. The molecule has 4 rings (SSSR count). The maximum absolute atomic E-state index is 2.38. The Morgan fingerprint density at radius 2 is 0.897 bits per heavy atom. The fraction of sp³-hybridized carbons (Fsp3) is 0.111. The van der Waals surface area contributed by atoms with Crippen molar-refractivity contribution in [1.82, 2.24) is 0 Å². The van der Waals surface area contributed by atoms with Crippen molar-refractivity contribution in [2.45, 2.75) is 17.1 Å². The molecule has 1 atom stereocenters. The SMILES string of the molecule is CC(C[P+](c1ccccc1)(c1ccccc1)c1ccccc1)Sc1ccccc1. The molecule has 0 spiro atoms. The Hall–Kier alpha value is -2.34. The zero-order valence-corrected chi connectivity index (χ0v) is 18.4. The molecule has 144 valence electrons. The molecule has 0 aliphatic carbocycles. The van der Waals surface area contributed by atoms with Crippen molar-refractivity contribution in [2.24, 2.45) is 0 Å². The molecule has 0 nitrogen and oxygen atoms in total. The van der Waals surface area contributed by atoms with Gasteiger partial charge in [0.05, 0.1) is 6.16 Å². The molecular weight excluding hydrogens is 387 g/mol. The highest BCUT2D eigenvalue weighted by Crippen LogP contribution is 2.57. The lowest BCUT2D eigenvalue weighted by atomic mass is 10.4. The van der Waals surface area contributed by atoms with E-state index in [1.54, 1.807) is 0 Å². The highest BCUT2D eigenvalue weighted by Gasteiger charge is 2.46. The maximum atomic E-state index is 2.38. The topological polar surface area (TPSA) is 0 Å². The van der Waals surface area contributed by atoms with E-state index in [0.29, 0.717) is 5.25 Å². The molecule has 0 aliphatic rings. The number of thioether (sulfide) groups is 1. The van der Waals surface area contributed by atoms with Crippen LogP contribution in [0, 0.1) is 0 Å². The molecular formula is C27H26PS+. The van der Waals surface area contributed by atoms with Crippen LogP contribution >= 0.6 is 19.0 Å². The third-order valence-corrected chi connectivity index (χ3v) is 11.2. The van der Waals surface area contributed by atoms with E-state index in [4.69, 9.17) is 0 Å². The molecule has 29 heavy (non-hydrogen) atoms. The second kappa shape index (κ2) is 9.44. The number of benzene rings is 4. The Balaban J connectivity index is 1.83. The zero-order valence-electron chi connectivity index (χ0n) is 16.7. The average Bonchev–Trinajstić information content (AvgIpc) is 2.80. The van der Waals surface area contributed by atoms with Gasteiger partial charge in [-0.25, -0.2) is 0 Å². The van der Waals surface area contributed by atoms with Gasteiger partial charge < -0.3 is 0 Å². The standard InChI is InChI=1S/C27H26PS/c1-23(29-27-20-12-5-13-21-27)22-28(24-14-6-2-7-15-24,25-16-8-3-9-17-25)26-18-10-4-11-19-26/h2-21,23H,22H2,1H3/q+1. The largest absolute Gasteiger partial charge is 0.119 e. The lowest BCUT2D eigenvalue weighted by Crippen LogP contribution is -2.35. The molecule has 1 unspecified atom stereocenters. The second-order valence-corrected chi connectivity index (χ2v) is 12.3. The van der Waals surface area contributed by atoms with Crippen LogP contribution in [0.5, 0.6) is 0 Å². The van der Waals surface area contributed by atoms with Crippen molar-refractivity contribution in [1.29, 1.82) is 0 Å². The average molecular weight is 414 g/mol. The van der Waals surface area contributed by atoms with Crippen molar-refractivity contribution in [2.75, 3.05) is 6.16 Å². The smallest absolute Gasteiger partial charge is 0.113 e. The van der Waals surface area contributed by atoms with Gasteiger partial charge in [-0.2, -0.15) is 0 Å². The monoisotopic (exact) mass is 413 g/mol. The quantitative estimate of drug-likeness (QED) is 0.258. The van der Waals surface area contributed by atoms with E-state index in [9.17, 15) is 0 Å². The molecule has 0 radical (unpaired) electrons. The highest BCUT2D eigenvalue weighted by atomic mass is 32.2. The first-order valence-corrected chi connectivity index (χ1v) is 12.9. The summed E-state index contributed by atoms with van der Waals surface area (Å²) in [6, 6.07) is 44.2. The van der Waals surface area contributed by atoms with Gasteiger partial charge in [-0.3, -0.25) is 0 Å². The molecule has 4 aromatic rings. The van der Waals surface area contributed by atoms with Gasteiger partial charge in [0, 0.05) is 10.1 Å². The van der Waals surface area contributed by atoms with Crippen LogP contribution in [0.1, 0.15) is 6.92 Å². The summed E-state index contributed by atoms with van der Waals surface area (Å²) < 4.78 is 0. The van der Waals surface area contributed by atoms with Crippen molar-refractivity contribution >= 4 is 34.9 Å². The molecule has 0 saturated heterocycles. The Labute approximate surface area is 179 Å². The van der Waals surface area contributed by atoms with Gasteiger partial charge in [-0.15, -0.1) is 11.8 Å². The third kappa shape index (κ3) is 4.47. The molecule has 0 heterocycles. The van der Waals surface area contributed by atoms with Crippen LogP contribution in [-0.2, 0) is 0 Å². The van der Waals surface area contributed by atoms with E-state index in [2.05, 4.69) is 128 Å². The Bertz CT molecular complexity index is 905. The van der Waals surface area contributed by atoms with Crippen molar-refractivity contribution in [3.63, 3.8) is 0 Å². The summed E-state index contributed by atoms with van der Waals surface area (Å²) in [6.45, 7) is 2.38. The Morgan fingerprint density at radius 1 is 0.552 bits per heavy atom. The van der Waals surface area contributed by atoms with Gasteiger partial charge >= 0.3 is 0 Å². The van der Waals surface area contributed by atoms with E-state index < -0.39 is 7.26 Å². The van der Waals surface area contributed by atoms with Crippen LogP contribution in [0.15, 0.2) is 126 Å². The predicted octanol–water partition coefficient (Wildman–Crippen LogP) is 6.16. The van der Waals surface area contributed by atoms with Gasteiger partial charge in [-0.05, 0) is 55.5 Å². The molecule has 0 aliphatic heterocycles. The first-order valence-electron chi connectivity index (χ1n) is 10.1. The fourth-order valence-electron chi connectivity index (χ4n) is 3.97. The molecule has 0 fully saturated rings. The summed E-state index contributed by atoms with van der Waals surface area (Å²) >= 11 is 1.98. The lowest BCUT2D eigenvalue weighted by molar-refractivity contribution is 1.11. The molecule has 4 aromatic carbocycles. The van der Waals surface area contributed by atoms with E-state index in [-0.39, 0.29) is 0 Å². The number of rotatable bonds is 7. The van der Waals surface area contributed by atoms with Crippen LogP contribution in [-0.4, -0.2) is 11.4 Å². The molecule has 2 heteroatoms. The summed E-state index contributed by atoms with van der Waals surface area (Å²) in [4.78, 5) is 1.34. The molecule has 0 N–H and O–H groups in total. The maximum Gasteiger partial charge on any atom is 0.113 e. The summed E-state index contributed by atoms with van der Waals surface area (Å²) in [5, 5.41) is 4.86. The molecule has 0 amide bonds. The third-order valence-electron chi connectivity index (χ3n) is 5.20. The van der Waals surface area contributed by atoms with Crippen molar-refractivity contribution < 1.29 is 0 Å². The van der Waals surface area contributed by atoms with Crippen LogP contribution < -0.4 is 15.9 Å². The second-order valence-electron chi connectivity index (χ2n) is 7.24. The van der Waals surface area contributed by atoms with E-state index in [1.807, 2.05) is 11.8 Å². The van der Waals surface area contributed by atoms with Crippen LogP contribution in [0.3, 0.4) is 0 Å². The fourth-order valence-corrected chi connectivity index (χ4v) is 10.1. The summed E-state index contributed by atoms with van der Waals surface area (Å²) in [5.74, 6) is 0. The van der Waals surface area contributed by atoms with Gasteiger partial charge in [0.15, 0.2) is 0 Å². The zero-order chi connectivity index (χ0) is 19.9. The van der Waals surface area contributed by atoms with Gasteiger partial charge in [0.2, 0.25) is 0 Å². The van der Waals surface area contributed by atoms with Crippen LogP contribution in [0.25, 0.3) is 0 Å². The molecule has 0 saturated carbocycles. The highest BCUT2D eigenvalue weighted by molar-refractivity contribution is 8.02. The van der Waals surface area contributed by atoms with Crippen molar-refractivity contribution in [3.05, 3.63) is 121 Å². The van der Waals surface area contributed by atoms with Gasteiger partial charge in [0.25, 0.3) is 0 Å². The minimum absolute atomic E-state index is 0.492. The summed E-state index contributed by atoms with van der Waals surface area (Å²) in [6.07, 6.45) is 1.13. The Morgan fingerprint density at radius 3 is 1.28 bits per heavy atom. The number of hydrogen-bond donors (Lipinski definition) is 0. The van der Waals surface area contributed by atoms with E-state index >= 15 is 0 Å². The summed E-state index contributed by atoms with van der Waals surface area (Å²) in [7, 11) is -1.77. The van der Waals surface area contributed by atoms with Gasteiger partial charge in [-0.1, -0.05) is 72.8 Å². The normalized spacial score (nSPS) is 12.4. The molecule has 0 bridgehead atoms. The minimum atomic E-state index is -1.77. The van der Waals surface area contributed by atoms with Crippen molar-refractivity contribution in [3.8, 4) is 0 Å². The molecule has 0 aromatic heterocycles. The van der Waals surface area contributed by atoms with Gasteiger partial charge in [0.1, 0.15) is 23.2 Å². The number of hydrogen-bond acceptors (Lipinski definition) is 1. The first kappa shape index (κ1) is 20.0. The van der Waals surface area contributed by atoms with E-state index in [1.165, 1.54) is 20.8 Å².